The highest BCUT2D eigenvalue weighted by Crippen LogP contribution is 2.19. The zero-order valence-corrected chi connectivity index (χ0v) is 8.88. The number of hydrogen-bond donors (Lipinski definition) is 0. The predicted molar refractivity (Wildman–Crippen MR) is 54.2 cm³/mol. The van der Waals surface area contributed by atoms with E-state index in [-0.39, 0.29) is 5.88 Å². The average molecular weight is 211 g/mol. The minimum atomic E-state index is -0.485. The first-order valence-electron chi connectivity index (χ1n) is 4.26. The van der Waals surface area contributed by atoms with Crippen LogP contribution in [0.3, 0.4) is 0 Å². The van der Waals surface area contributed by atoms with Crippen LogP contribution in [0.15, 0.2) is 12.1 Å². The molecule has 0 saturated heterocycles. The molecule has 4 heteroatoms. The van der Waals surface area contributed by atoms with Crippen LogP contribution in [0.2, 0.25) is 0 Å². The molecule has 1 aromatic rings. The monoisotopic (exact) mass is 210 g/mol. The summed E-state index contributed by atoms with van der Waals surface area (Å²) in [6.07, 6.45) is -0.485. The molecule has 0 radical (unpaired) electrons. The lowest BCUT2D eigenvalue weighted by atomic mass is 10.3. The molecule has 14 heavy (non-hydrogen) atoms. The minimum absolute atomic E-state index is 0.287. The Balaban J connectivity index is 2.92. The first-order chi connectivity index (χ1) is 6.67. The molecule has 1 aromatic heterocycles. The molecule has 1 heterocycles. The molecule has 1 unspecified atom stereocenters. The first kappa shape index (κ1) is 10.8. The van der Waals surface area contributed by atoms with Crippen LogP contribution >= 0.6 is 11.6 Å². The quantitative estimate of drug-likeness (QED) is 0.720. The van der Waals surface area contributed by atoms with Gasteiger partial charge in [0.25, 0.3) is 0 Å². The fourth-order valence-electron chi connectivity index (χ4n) is 1.02. The number of halogens is 1. The molecule has 0 saturated carbocycles. The molecule has 0 aliphatic heterocycles. The highest BCUT2D eigenvalue weighted by molar-refractivity contribution is 6.17. The van der Waals surface area contributed by atoms with Gasteiger partial charge < -0.3 is 4.74 Å². The van der Waals surface area contributed by atoms with Crippen LogP contribution in [0.4, 0.5) is 0 Å². The van der Waals surface area contributed by atoms with Gasteiger partial charge in [0.15, 0.2) is 6.10 Å². The summed E-state index contributed by atoms with van der Waals surface area (Å²) in [6.45, 7) is 3.56. The van der Waals surface area contributed by atoms with Gasteiger partial charge in [-0.15, -0.1) is 11.6 Å². The van der Waals surface area contributed by atoms with Crippen molar-refractivity contribution < 1.29 is 4.74 Å². The van der Waals surface area contributed by atoms with E-state index in [0.29, 0.717) is 11.4 Å². The minimum Gasteiger partial charge on any atom is -0.474 e. The third-order valence-corrected chi connectivity index (χ3v) is 1.94. The number of pyridine rings is 1. The number of hydrogen-bond acceptors (Lipinski definition) is 3. The Morgan fingerprint density at radius 3 is 2.93 bits per heavy atom. The summed E-state index contributed by atoms with van der Waals surface area (Å²) < 4.78 is 5.33. The maximum absolute atomic E-state index is 8.59. The Labute approximate surface area is 88.3 Å². The van der Waals surface area contributed by atoms with Crippen molar-refractivity contribution in [1.82, 2.24) is 4.98 Å². The fourth-order valence-corrected chi connectivity index (χ4v) is 1.21. The maximum Gasteiger partial charge on any atom is 0.181 e. The van der Waals surface area contributed by atoms with Crippen LogP contribution < -0.4 is 4.74 Å². The second-order valence-corrected chi connectivity index (χ2v) is 3.19. The number of nitrogens with zero attached hydrogens (tertiary/aromatic N) is 2. The zero-order chi connectivity index (χ0) is 10.6. The van der Waals surface area contributed by atoms with Crippen LogP contribution in [-0.2, 0) is 5.88 Å². The average Bonchev–Trinajstić information content (AvgIpc) is 2.20. The van der Waals surface area contributed by atoms with Gasteiger partial charge in [-0.1, -0.05) is 0 Å². The van der Waals surface area contributed by atoms with E-state index >= 15 is 0 Å². The Morgan fingerprint density at radius 1 is 1.64 bits per heavy atom. The molecule has 0 aliphatic rings. The van der Waals surface area contributed by atoms with Gasteiger partial charge in [-0.25, -0.2) is 0 Å². The molecule has 1 atom stereocenters. The van der Waals surface area contributed by atoms with Crippen LogP contribution in [0.1, 0.15) is 18.3 Å². The van der Waals surface area contributed by atoms with Crippen LogP contribution in [0.5, 0.6) is 5.75 Å². The predicted octanol–water partition coefficient (Wildman–Crippen LogP) is 2.42. The molecule has 74 valence electrons. The number of rotatable bonds is 3. The number of nitriles is 1. The Bertz CT molecular complexity index is 360. The van der Waals surface area contributed by atoms with E-state index in [2.05, 4.69) is 4.98 Å². The molecule has 1 rings (SSSR count). The third kappa shape index (κ3) is 2.61. The Morgan fingerprint density at radius 2 is 2.36 bits per heavy atom. The van der Waals surface area contributed by atoms with Gasteiger partial charge >= 0.3 is 0 Å². The molecule has 0 fully saturated rings. The van der Waals surface area contributed by atoms with E-state index < -0.39 is 6.10 Å². The van der Waals surface area contributed by atoms with Crippen LogP contribution in [0, 0.1) is 18.3 Å². The van der Waals surface area contributed by atoms with E-state index in [0.717, 1.165) is 5.69 Å². The van der Waals surface area contributed by atoms with Gasteiger partial charge in [0, 0.05) is 5.69 Å². The summed E-state index contributed by atoms with van der Waals surface area (Å²) in [5.74, 6) is 0.870. The zero-order valence-electron chi connectivity index (χ0n) is 8.12. The van der Waals surface area contributed by atoms with Crippen molar-refractivity contribution in [3.63, 3.8) is 0 Å². The van der Waals surface area contributed by atoms with Crippen LogP contribution in [-0.4, -0.2) is 11.1 Å². The summed E-state index contributed by atoms with van der Waals surface area (Å²) >= 11 is 5.71. The van der Waals surface area contributed by atoms with E-state index in [1.165, 1.54) is 0 Å². The highest BCUT2D eigenvalue weighted by Gasteiger charge is 2.08. The topological polar surface area (TPSA) is 45.9 Å². The van der Waals surface area contributed by atoms with Crippen molar-refractivity contribution in [2.45, 2.75) is 25.8 Å². The van der Waals surface area contributed by atoms with Crippen molar-refractivity contribution in [1.29, 1.82) is 5.26 Å². The molecule has 0 spiro atoms. The second-order valence-electron chi connectivity index (χ2n) is 2.92. The van der Waals surface area contributed by atoms with Crippen molar-refractivity contribution in [2.75, 3.05) is 0 Å². The molecule has 3 nitrogen and oxygen atoms in total. The summed E-state index contributed by atoms with van der Waals surface area (Å²) in [5, 5.41) is 8.59. The smallest absolute Gasteiger partial charge is 0.181 e. The fraction of sp³-hybridized carbons (Fsp3) is 0.400. The number of aryl methyl sites for hydroxylation is 1. The molecule has 0 aromatic carbocycles. The lowest BCUT2D eigenvalue weighted by Gasteiger charge is -2.10. The third-order valence-electron chi connectivity index (χ3n) is 1.68. The summed E-state index contributed by atoms with van der Waals surface area (Å²) in [4.78, 5) is 4.21. The summed E-state index contributed by atoms with van der Waals surface area (Å²) in [5.41, 5.74) is 1.56. The molecular formula is C10H11ClN2O. The standard InChI is InChI=1S/C10H11ClN2O/c1-7-3-4-10(9(5-11)13-7)14-8(2)6-12/h3-4,8H,5H2,1-2H3. The lowest BCUT2D eigenvalue weighted by Crippen LogP contribution is -2.10. The molecule has 0 bridgehead atoms. The summed E-state index contributed by atoms with van der Waals surface area (Å²) in [6, 6.07) is 5.60. The van der Waals surface area contributed by atoms with E-state index in [4.69, 9.17) is 21.6 Å². The van der Waals surface area contributed by atoms with Gasteiger partial charge in [-0.3, -0.25) is 4.98 Å². The van der Waals surface area contributed by atoms with E-state index in [1.54, 1.807) is 13.0 Å². The Kier molecular flexibility index (Phi) is 3.73. The van der Waals surface area contributed by atoms with E-state index in [9.17, 15) is 0 Å². The lowest BCUT2D eigenvalue weighted by molar-refractivity contribution is 0.273. The van der Waals surface area contributed by atoms with Crippen molar-refractivity contribution in [2.24, 2.45) is 0 Å². The normalized spacial score (nSPS) is 11.9. The van der Waals surface area contributed by atoms with Gasteiger partial charge in [0.05, 0.1) is 11.6 Å². The Hall–Kier alpha value is -1.27. The van der Waals surface area contributed by atoms with Crippen molar-refractivity contribution >= 4 is 11.6 Å². The first-order valence-corrected chi connectivity index (χ1v) is 4.79. The van der Waals surface area contributed by atoms with Crippen LogP contribution in [0.25, 0.3) is 0 Å². The summed E-state index contributed by atoms with van der Waals surface area (Å²) in [7, 11) is 0. The van der Waals surface area contributed by atoms with Crippen molar-refractivity contribution in [3.8, 4) is 11.8 Å². The number of alkyl halides is 1. The molecule has 0 aliphatic carbocycles. The van der Waals surface area contributed by atoms with Gasteiger partial charge in [0.1, 0.15) is 11.8 Å². The number of aromatic nitrogens is 1. The maximum atomic E-state index is 8.59. The van der Waals surface area contributed by atoms with Gasteiger partial charge in [0.2, 0.25) is 0 Å². The van der Waals surface area contributed by atoms with E-state index in [1.807, 2.05) is 19.1 Å². The molecule has 0 amide bonds. The van der Waals surface area contributed by atoms with Crippen molar-refractivity contribution in [3.05, 3.63) is 23.5 Å². The highest BCUT2D eigenvalue weighted by atomic mass is 35.5. The largest absolute Gasteiger partial charge is 0.474 e. The van der Waals surface area contributed by atoms with Gasteiger partial charge in [-0.05, 0) is 26.0 Å². The molecule has 0 N–H and O–H groups in total. The number of ether oxygens (including phenoxy) is 1. The molecular weight excluding hydrogens is 200 g/mol. The second kappa shape index (κ2) is 4.83. The SMILES string of the molecule is Cc1ccc(OC(C)C#N)c(CCl)n1. The van der Waals surface area contributed by atoms with Gasteiger partial charge in [-0.2, -0.15) is 5.26 Å².